The van der Waals surface area contributed by atoms with Gasteiger partial charge in [-0.25, -0.2) is 0 Å². The quantitative estimate of drug-likeness (QED) is 0.642. The predicted molar refractivity (Wildman–Crippen MR) is 112 cm³/mol. The van der Waals surface area contributed by atoms with Crippen LogP contribution in [0.15, 0.2) is 61.2 Å². The third-order valence-electron chi connectivity index (χ3n) is 4.07. The molecule has 0 atom stereocenters. The monoisotopic (exact) mass is 351 g/mol. The summed E-state index contributed by atoms with van der Waals surface area (Å²) in [6, 6.07) is 8.20. The molecule has 1 heterocycles. The number of pyridine rings is 1. The van der Waals surface area contributed by atoms with Gasteiger partial charge in [-0.15, -0.1) is 0 Å². The molecule has 4 heteroatoms. The molecule has 1 aromatic heterocycles. The SMILES string of the molecule is C=C/C=C(\C=C)COc1ccc2c(NCCN(C)C)cc(CC)nc2c1. The van der Waals surface area contributed by atoms with Crippen molar-refractivity contribution in [3.63, 3.8) is 0 Å². The topological polar surface area (TPSA) is 37.4 Å². The Kier molecular flexibility index (Phi) is 7.42. The molecule has 0 amide bonds. The van der Waals surface area contributed by atoms with Crippen LogP contribution in [0.25, 0.3) is 10.9 Å². The summed E-state index contributed by atoms with van der Waals surface area (Å²) in [6.45, 7) is 12.0. The average molecular weight is 351 g/mol. The first-order valence-electron chi connectivity index (χ1n) is 8.96. The molecular formula is C22H29N3O. The molecule has 0 aliphatic rings. The van der Waals surface area contributed by atoms with Gasteiger partial charge in [0, 0.05) is 35.9 Å². The molecule has 0 fully saturated rings. The Hall–Kier alpha value is -2.59. The predicted octanol–water partition coefficient (Wildman–Crippen LogP) is 4.45. The summed E-state index contributed by atoms with van der Waals surface area (Å²) in [5.41, 5.74) is 4.13. The fourth-order valence-electron chi connectivity index (χ4n) is 2.59. The molecule has 0 unspecified atom stereocenters. The summed E-state index contributed by atoms with van der Waals surface area (Å²) >= 11 is 0. The van der Waals surface area contributed by atoms with Gasteiger partial charge in [-0.05, 0) is 44.3 Å². The first-order chi connectivity index (χ1) is 12.6. The highest BCUT2D eigenvalue weighted by Crippen LogP contribution is 2.27. The van der Waals surface area contributed by atoms with E-state index in [1.807, 2.05) is 18.2 Å². The molecule has 0 spiro atoms. The fourth-order valence-corrected chi connectivity index (χ4v) is 2.59. The van der Waals surface area contributed by atoms with E-state index in [0.717, 1.165) is 53.1 Å². The maximum absolute atomic E-state index is 5.89. The van der Waals surface area contributed by atoms with E-state index in [2.05, 4.69) is 56.5 Å². The number of aryl methyl sites for hydroxylation is 1. The second kappa shape index (κ2) is 9.78. The molecule has 4 nitrogen and oxygen atoms in total. The van der Waals surface area contributed by atoms with Crippen LogP contribution in [0.2, 0.25) is 0 Å². The average Bonchev–Trinajstić information content (AvgIpc) is 2.64. The van der Waals surface area contributed by atoms with E-state index in [0.29, 0.717) is 6.61 Å². The smallest absolute Gasteiger partial charge is 0.122 e. The molecule has 0 radical (unpaired) electrons. The van der Waals surface area contributed by atoms with Crippen LogP contribution in [0, 0.1) is 0 Å². The number of aromatic nitrogens is 1. The van der Waals surface area contributed by atoms with Crippen LogP contribution in [0.4, 0.5) is 5.69 Å². The Labute approximate surface area is 156 Å². The highest BCUT2D eigenvalue weighted by atomic mass is 16.5. The molecule has 2 aromatic rings. The minimum absolute atomic E-state index is 0.461. The summed E-state index contributed by atoms with van der Waals surface area (Å²) in [6.07, 6.45) is 6.31. The minimum atomic E-state index is 0.461. The number of hydrogen-bond acceptors (Lipinski definition) is 4. The van der Waals surface area contributed by atoms with Crippen molar-refractivity contribution in [2.45, 2.75) is 13.3 Å². The Morgan fingerprint density at radius 2 is 2.08 bits per heavy atom. The molecule has 1 N–H and O–H groups in total. The molecule has 0 aliphatic carbocycles. The van der Waals surface area contributed by atoms with Crippen LogP contribution in [0.3, 0.4) is 0 Å². The molecule has 0 bridgehead atoms. The van der Waals surface area contributed by atoms with Crippen LogP contribution < -0.4 is 10.1 Å². The van der Waals surface area contributed by atoms with Gasteiger partial charge >= 0.3 is 0 Å². The lowest BCUT2D eigenvalue weighted by Crippen LogP contribution is -2.21. The van der Waals surface area contributed by atoms with Crippen LogP contribution >= 0.6 is 0 Å². The van der Waals surface area contributed by atoms with Crippen molar-refractivity contribution in [2.24, 2.45) is 0 Å². The zero-order chi connectivity index (χ0) is 18.9. The van der Waals surface area contributed by atoms with Gasteiger partial charge in [-0.1, -0.05) is 38.3 Å². The maximum Gasteiger partial charge on any atom is 0.122 e. The molecule has 26 heavy (non-hydrogen) atoms. The van der Waals surface area contributed by atoms with E-state index in [-0.39, 0.29) is 0 Å². The molecule has 138 valence electrons. The first-order valence-corrected chi connectivity index (χ1v) is 8.96. The molecule has 0 aliphatic heterocycles. The maximum atomic E-state index is 5.89. The van der Waals surface area contributed by atoms with Crippen molar-refractivity contribution in [1.29, 1.82) is 0 Å². The summed E-state index contributed by atoms with van der Waals surface area (Å²) in [7, 11) is 4.15. The minimum Gasteiger partial charge on any atom is -0.489 e. The summed E-state index contributed by atoms with van der Waals surface area (Å²) in [5.74, 6) is 0.800. The Bertz CT molecular complexity index is 793. The lowest BCUT2D eigenvalue weighted by Gasteiger charge is -2.15. The van der Waals surface area contributed by atoms with Gasteiger partial charge in [-0.3, -0.25) is 4.98 Å². The Morgan fingerprint density at radius 1 is 1.27 bits per heavy atom. The Morgan fingerprint density at radius 3 is 2.73 bits per heavy atom. The number of likely N-dealkylation sites (N-methyl/N-ethyl adjacent to an activating group) is 1. The molecular weight excluding hydrogens is 322 g/mol. The van der Waals surface area contributed by atoms with Gasteiger partial charge in [0.15, 0.2) is 0 Å². The number of fused-ring (bicyclic) bond motifs is 1. The van der Waals surface area contributed by atoms with E-state index in [1.165, 1.54) is 0 Å². The molecule has 2 rings (SSSR count). The number of anilines is 1. The van der Waals surface area contributed by atoms with Gasteiger partial charge in [-0.2, -0.15) is 0 Å². The van der Waals surface area contributed by atoms with E-state index < -0.39 is 0 Å². The van der Waals surface area contributed by atoms with Crippen molar-refractivity contribution >= 4 is 16.6 Å². The highest BCUT2D eigenvalue weighted by Gasteiger charge is 2.07. The second-order valence-corrected chi connectivity index (χ2v) is 6.39. The number of rotatable bonds is 10. The number of allylic oxidation sites excluding steroid dienone is 2. The van der Waals surface area contributed by atoms with Crippen molar-refractivity contribution in [3.05, 3.63) is 66.9 Å². The van der Waals surface area contributed by atoms with E-state index in [1.54, 1.807) is 12.2 Å². The summed E-state index contributed by atoms with van der Waals surface area (Å²) in [5, 5.41) is 4.64. The van der Waals surface area contributed by atoms with Gasteiger partial charge in [0.05, 0.1) is 5.52 Å². The van der Waals surface area contributed by atoms with Crippen molar-refractivity contribution in [2.75, 3.05) is 39.1 Å². The van der Waals surface area contributed by atoms with E-state index in [9.17, 15) is 0 Å². The van der Waals surface area contributed by atoms with Gasteiger partial charge in [0.25, 0.3) is 0 Å². The molecule has 1 aromatic carbocycles. The second-order valence-electron chi connectivity index (χ2n) is 6.39. The zero-order valence-electron chi connectivity index (χ0n) is 16.1. The summed E-state index contributed by atoms with van der Waals surface area (Å²) < 4.78 is 5.89. The van der Waals surface area contributed by atoms with Crippen molar-refractivity contribution < 1.29 is 4.74 Å². The molecule has 0 saturated carbocycles. The van der Waals surface area contributed by atoms with Crippen LogP contribution in [0.1, 0.15) is 12.6 Å². The number of ether oxygens (including phenoxy) is 1. The third-order valence-corrected chi connectivity index (χ3v) is 4.07. The normalized spacial score (nSPS) is 11.6. The van der Waals surface area contributed by atoms with Gasteiger partial charge in [0.1, 0.15) is 12.4 Å². The third kappa shape index (κ3) is 5.46. The number of benzene rings is 1. The number of nitrogens with zero attached hydrogens (tertiary/aromatic N) is 2. The van der Waals surface area contributed by atoms with E-state index >= 15 is 0 Å². The van der Waals surface area contributed by atoms with Crippen LogP contribution in [-0.4, -0.2) is 43.7 Å². The number of nitrogens with one attached hydrogen (secondary N) is 1. The van der Waals surface area contributed by atoms with E-state index in [4.69, 9.17) is 9.72 Å². The summed E-state index contributed by atoms with van der Waals surface area (Å²) in [4.78, 5) is 6.92. The highest BCUT2D eigenvalue weighted by molar-refractivity contribution is 5.92. The van der Waals surface area contributed by atoms with Crippen molar-refractivity contribution in [3.8, 4) is 5.75 Å². The van der Waals surface area contributed by atoms with Gasteiger partial charge < -0.3 is 15.0 Å². The zero-order valence-corrected chi connectivity index (χ0v) is 16.1. The largest absolute Gasteiger partial charge is 0.489 e. The number of hydrogen-bond donors (Lipinski definition) is 1. The van der Waals surface area contributed by atoms with Crippen molar-refractivity contribution in [1.82, 2.24) is 9.88 Å². The Balaban J connectivity index is 2.25. The van der Waals surface area contributed by atoms with Crippen LogP contribution in [0.5, 0.6) is 5.75 Å². The standard InChI is InChI=1S/C22H29N3O/c1-6-9-17(7-2)16-26-19-10-11-20-21(23-12-13-25(4)5)14-18(8-3)24-22(20)15-19/h6-7,9-11,14-15H,1-2,8,12-13,16H2,3-5H3,(H,23,24)/b17-9+. The van der Waals surface area contributed by atoms with Crippen LogP contribution in [-0.2, 0) is 6.42 Å². The lowest BCUT2D eigenvalue weighted by molar-refractivity contribution is 0.356. The first kappa shape index (κ1) is 19.7. The molecule has 0 saturated heterocycles. The lowest BCUT2D eigenvalue weighted by atomic mass is 10.1. The van der Waals surface area contributed by atoms with Gasteiger partial charge in [0.2, 0.25) is 0 Å². The fraction of sp³-hybridized carbons (Fsp3) is 0.318.